The quantitative estimate of drug-likeness (QED) is 0.715. The van der Waals surface area contributed by atoms with Crippen LogP contribution in [0.5, 0.6) is 0 Å². The van der Waals surface area contributed by atoms with Crippen LogP contribution in [0.2, 0.25) is 0 Å². The van der Waals surface area contributed by atoms with E-state index in [0.29, 0.717) is 17.8 Å². The van der Waals surface area contributed by atoms with Crippen molar-refractivity contribution in [3.05, 3.63) is 29.8 Å². The average Bonchev–Trinajstić information content (AvgIpc) is 2.43. The first-order chi connectivity index (χ1) is 9.47. The second-order valence-corrected chi connectivity index (χ2v) is 5.71. The van der Waals surface area contributed by atoms with Crippen molar-refractivity contribution in [1.29, 1.82) is 0 Å². The van der Waals surface area contributed by atoms with Crippen molar-refractivity contribution in [2.24, 2.45) is 5.73 Å². The molecule has 1 unspecified atom stereocenters. The lowest BCUT2D eigenvalue weighted by Gasteiger charge is -2.28. The molecule has 0 radical (unpaired) electrons. The molecule has 6 heteroatoms. The van der Waals surface area contributed by atoms with Crippen molar-refractivity contribution < 1.29 is 14.7 Å². The zero-order valence-corrected chi connectivity index (χ0v) is 12.5. The molecule has 0 bridgehead atoms. The van der Waals surface area contributed by atoms with Crippen LogP contribution in [-0.2, 0) is 4.79 Å². The maximum atomic E-state index is 11.2. The largest absolute Gasteiger partial charge is 0.480 e. The van der Waals surface area contributed by atoms with Gasteiger partial charge in [-0.05, 0) is 30.9 Å². The Morgan fingerprint density at radius 2 is 2.15 bits per heavy atom. The summed E-state index contributed by atoms with van der Waals surface area (Å²) in [6, 6.07) is 6.11. The molecule has 20 heavy (non-hydrogen) atoms. The SMILES string of the molecule is CCSCCN(c1cccc(C(N)=O)c1)C(C)C(=O)O. The minimum absolute atomic E-state index is 0.383. The standard InChI is InChI=1S/C14H20N2O3S/c1-3-20-8-7-16(10(2)14(18)19)12-6-4-5-11(9-12)13(15)17/h4-6,9-10H,3,7-8H2,1-2H3,(H2,15,17)(H,18,19). The fourth-order valence-corrected chi connectivity index (χ4v) is 2.44. The molecular formula is C14H20N2O3S. The number of aliphatic carboxylic acids is 1. The second kappa shape index (κ2) is 7.79. The molecule has 0 spiro atoms. The highest BCUT2D eigenvalue weighted by Gasteiger charge is 2.21. The van der Waals surface area contributed by atoms with Gasteiger partial charge in [-0.2, -0.15) is 11.8 Å². The summed E-state index contributed by atoms with van der Waals surface area (Å²) >= 11 is 1.74. The van der Waals surface area contributed by atoms with Gasteiger partial charge in [0, 0.05) is 23.5 Å². The van der Waals surface area contributed by atoms with Crippen LogP contribution >= 0.6 is 11.8 Å². The van der Waals surface area contributed by atoms with Crippen molar-refractivity contribution in [2.75, 3.05) is 23.0 Å². The van der Waals surface area contributed by atoms with Gasteiger partial charge >= 0.3 is 5.97 Å². The average molecular weight is 296 g/mol. The number of hydrogen-bond acceptors (Lipinski definition) is 4. The molecule has 0 saturated heterocycles. The number of carboxylic acid groups (broad SMARTS) is 1. The Morgan fingerprint density at radius 1 is 1.45 bits per heavy atom. The summed E-state index contributed by atoms with van der Waals surface area (Å²) in [5.74, 6) is 0.402. The third-order valence-electron chi connectivity index (χ3n) is 2.97. The van der Waals surface area contributed by atoms with E-state index in [1.165, 1.54) is 0 Å². The van der Waals surface area contributed by atoms with Crippen molar-refractivity contribution in [3.63, 3.8) is 0 Å². The van der Waals surface area contributed by atoms with E-state index in [9.17, 15) is 14.7 Å². The third-order valence-corrected chi connectivity index (χ3v) is 3.85. The van der Waals surface area contributed by atoms with Crippen LogP contribution in [0.25, 0.3) is 0 Å². The van der Waals surface area contributed by atoms with Gasteiger partial charge in [-0.1, -0.05) is 13.0 Å². The van der Waals surface area contributed by atoms with E-state index in [1.807, 2.05) is 0 Å². The maximum absolute atomic E-state index is 11.2. The van der Waals surface area contributed by atoms with Gasteiger partial charge in [0.1, 0.15) is 6.04 Å². The molecule has 3 N–H and O–H groups in total. The van der Waals surface area contributed by atoms with Gasteiger partial charge in [-0.15, -0.1) is 0 Å². The molecule has 1 amide bonds. The third kappa shape index (κ3) is 4.45. The van der Waals surface area contributed by atoms with E-state index in [4.69, 9.17) is 5.73 Å². The Kier molecular flexibility index (Phi) is 6.38. The highest BCUT2D eigenvalue weighted by atomic mass is 32.2. The fourth-order valence-electron chi connectivity index (χ4n) is 1.82. The molecule has 0 saturated carbocycles. The predicted molar refractivity (Wildman–Crippen MR) is 82.4 cm³/mol. The second-order valence-electron chi connectivity index (χ2n) is 4.32. The molecule has 0 aliphatic heterocycles. The molecule has 0 heterocycles. The molecule has 5 nitrogen and oxygen atoms in total. The maximum Gasteiger partial charge on any atom is 0.326 e. The van der Waals surface area contributed by atoms with Gasteiger partial charge in [-0.3, -0.25) is 4.79 Å². The molecular weight excluding hydrogens is 276 g/mol. The molecule has 110 valence electrons. The van der Waals surface area contributed by atoms with Crippen LogP contribution in [0.15, 0.2) is 24.3 Å². The number of hydrogen-bond donors (Lipinski definition) is 2. The van der Waals surface area contributed by atoms with Crippen LogP contribution in [0.1, 0.15) is 24.2 Å². The zero-order valence-electron chi connectivity index (χ0n) is 11.7. The Bertz CT molecular complexity index is 479. The highest BCUT2D eigenvalue weighted by Crippen LogP contribution is 2.19. The van der Waals surface area contributed by atoms with Crippen molar-refractivity contribution in [1.82, 2.24) is 0 Å². The molecule has 0 aliphatic carbocycles. The summed E-state index contributed by atoms with van der Waals surface area (Å²) in [5.41, 5.74) is 6.35. The lowest BCUT2D eigenvalue weighted by atomic mass is 10.1. The predicted octanol–water partition coefficient (Wildman–Crippen LogP) is 1.82. The molecule has 1 aromatic rings. The van der Waals surface area contributed by atoms with Crippen LogP contribution in [0.3, 0.4) is 0 Å². The first-order valence-electron chi connectivity index (χ1n) is 6.44. The van der Waals surface area contributed by atoms with Crippen molar-refractivity contribution >= 4 is 29.3 Å². The number of anilines is 1. The number of nitrogens with two attached hydrogens (primary N) is 1. The van der Waals surface area contributed by atoms with Crippen molar-refractivity contribution in [2.45, 2.75) is 19.9 Å². The molecule has 0 aromatic heterocycles. The highest BCUT2D eigenvalue weighted by molar-refractivity contribution is 7.99. The minimum Gasteiger partial charge on any atom is -0.480 e. The van der Waals surface area contributed by atoms with Gasteiger partial charge in [0.2, 0.25) is 5.91 Å². The molecule has 1 aromatic carbocycles. The summed E-state index contributed by atoms with van der Waals surface area (Å²) in [7, 11) is 0. The Morgan fingerprint density at radius 3 is 2.70 bits per heavy atom. The van der Waals surface area contributed by atoms with E-state index in [-0.39, 0.29) is 0 Å². The van der Waals surface area contributed by atoms with E-state index in [0.717, 1.165) is 11.5 Å². The number of thioether (sulfide) groups is 1. The first kappa shape index (κ1) is 16.4. The summed E-state index contributed by atoms with van der Waals surface area (Å²) in [6.45, 7) is 4.30. The lowest BCUT2D eigenvalue weighted by Crippen LogP contribution is -2.40. The van der Waals surface area contributed by atoms with Gasteiger partial charge in [0.05, 0.1) is 0 Å². The smallest absolute Gasteiger partial charge is 0.326 e. The summed E-state index contributed by atoms with van der Waals surface area (Å²) in [4.78, 5) is 24.2. The van der Waals surface area contributed by atoms with E-state index >= 15 is 0 Å². The van der Waals surface area contributed by atoms with Gasteiger partial charge in [0.25, 0.3) is 0 Å². The first-order valence-corrected chi connectivity index (χ1v) is 7.60. The van der Waals surface area contributed by atoms with Gasteiger partial charge < -0.3 is 15.7 Å². The van der Waals surface area contributed by atoms with Gasteiger partial charge in [-0.25, -0.2) is 4.79 Å². The van der Waals surface area contributed by atoms with Crippen LogP contribution in [0, 0.1) is 0 Å². The fraction of sp³-hybridized carbons (Fsp3) is 0.429. The zero-order chi connectivity index (χ0) is 15.1. The number of carbonyl (C=O) groups is 2. The monoisotopic (exact) mass is 296 g/mol. The minimum atomic E-state index is -0.893. The Balaban J connectivity index is 2.99. The van der Waals surface area contributed by atoms with Crippen LogP contribution in [0.4, 0.5) is 5.69 Å². The van der Waals surface area contributed by atoms with E-state index in [2.05, 4.69) is 6.92 Å². The topological polar surface area (TPSA) is 83.6 Å². The van der Waals surface area contributed by atoms with Crippen molar-refractivity contribution in [3.8, 4) is 0 Å². The normalized spacial score (nSPS) is 11.9. The number of carboxylic acids is 1. The van der Waals surface area contributed by atoms with E-state index in [1.54, 1.807) is 47.9 Å². The number of rotatable bonds is 8. The Labute approximate surface area is 123 Å². The molecule has 0 fully saturated rings. The van der Waals surface area contributed by atoms with Crippen LogP contribution < -0.4 is 10.6 Å². The Hall–Kier alpha value is -1.69. The number of benzene rings is 1. The molecule has 0 aliphatic rings. The van der Waals surface area contributed by atoms with Crippen LogP contribution in [-0.4, -0.2) is 41.1 Å². The molecule has 1 atom stereocenters. The number of amides is 1. The lowest BCUT2D eigenvalue weighted by molar-refractivity contribution is -0.138. The molecule has 1 rings (SSSR count). The summed E-state index contributed by atoms with van der Waals surface area (Å²) in [5, 5.41) is 9.21. The number of primary amides is 1. The summed E-state index contributed by atoms with van der Waals surface area (Å²) in [6.07, 6.45) is 0. The summed E-state index contributed by atoms with van der Waals surface area (Å²) < 4.78 is 0. The van der Waals surface area contributed by atoms with E-state index < -0.39 is 17.9 Å². The number of carbonyl (C=O) groups excluding carboxylic acids is 1. The van der Waals surface area contributed by atoms with Gasteiger partial charge in [0.15, 0.2) is 0 Å². The number of nitrogens with zero attached hydrogens (tertiary/aromatic N) is 1.